The van der Waals surface area contributed by atoms with Crippen LogP contribution in [0.5, 0.6) is 0 Å². The van der Waals surface area contributed by atoms with Gasteiger partial charge in [0.25, 0.3) is 0 Å². The standard InChI is InChI=1S/C12H24BN3O2/c1-9(2)5-10(8-14)6-11(17)15-3-4-16-12(18)7-13/h9-10H,3-8,14H2,1-2H3,(H,15,17)(H,16,18)/t10-/m0/s1. The molecule has 1 atom stereocenters. The summed E-state index contributed by atoms with van der Waals surface area (Å²) in [5.41, 5.74) is 5.63. The summed E-state index contributed by atoms with van der Waals surface area (Å²) in [6.45, 7) is 5.57. The fraction of sp³-hybridized carbons (Fsp3) is 0.833. The summed E-state index contributed by atoms with van der Waals surface area (Å²) in [6, 6.07) is 0. The van der Waals surface area contributed by atoms with Gasteiger partial charge in [-0.15, -0.1) is 0 Å². The van der Waals surface area contributed by atoms with Gasteiger partial charge in [-0.2, -0.15) is 0 Å². The molecule has 0 aliphatic carbocycles. The van der Waals surface area contributed by atoms with E-state index in [0.717, 1.165) is 6.42 Å². The average molecular weight is 253 g/mol. The largest absolute Gasteiger partial charge is 0.355 e. The van der Waals surface area contributed by atoms with Crippen molar-refractivity contribution in [3.05, 3.63) is 0 Å². The molecular weight excluding hydrogens is 229 g/mol. The maximum atomic E-state index is 11.6. The SMILES string of the molecule is [B]CC(=O)NCCNC(=O)C[C@@H](CN)CC(C)C. The van der Waals surface area contributed by atoms with Crippen LogP contribution in [0.3, 0.4) is 0 Å². The summed E-state index contributed by atoms with van der Waals surface area (Å²) in [5, 5.41) is 5.33. The molecule has 0 unspecified atom stereocenters. The number of nitrogens with one attached hydrogen (secondary N) is 2. The molecule has 0 aromatic rings. The molecule has 0 saturated heterocycles. The first-order valence-corrected chi connectivity index (χ1v) is 6.43. The molecule has 0 spiro atoms. The van der Waals surface area contributed by atoms with E-state index in [2.05, 4.69) is 24.5 Å². The highest BCUT2D eigenvalue weighted by Gasteiger charge is 2.13. The summed E-state index contributed by atoms with van der Waals surface area (Å²) < 4.78 is 0. The highest BCUT2D eigenvalue weighted by atomic mass is 16.2. The predicted octanol–water partition coefficient (Wildman–Crippen LogP) is -0.183. The first-order valence-electron chi connectivity index (χ1n) is 6.43. The van der Waals surface area contributed by atoms with Gasteiger partial charge in [-0.25, -0.2) is 0 Å². The maximum Gasteiger partial charge on any atom is 0.220 e. The monoisotopic (exact) mass is 253 g/mol. The van der Waals surface area contributed by atoms with Gasteiger partial charge in [0.15, 0.2) is 0 Å². The predicted molar refractivity (Wildman–Crippen MR) is 73.2 cm³/mol. The van der Waals surface area contributed by atoms with E-state index < -0.39 is 0 Å². The summed E-state index contributed by atoms with van der Waals surface area (Å²) in [7, 11) is 5.13. The fourth-order valence-electron chi connectivity index (χ4n) is 1.74. The van der Waals surface area contributed by atoms with Crippen LogP contribution in [-0.4, -0.2) is 39.3 Å². The Bertz CT molecular complexity index is 260. The van der Waals surface area contributed by atoms with E-state index in [1.807, 2.05) is 0 Å². The second-order valence-corrected chi connectivity index (χ2v) is 4.84. The molecule has 0 aliphatic heterocycles. The zero-order chi connectivity index (χ0) is 14.0. The third-order valence-electron chi connectivity index (χ3n) is 2.57. The fourth-order valence-corrected chi connectivity index (χ4v) is 1.74. The van der Waals surface area contributed by atoms with Crippen LogP contribution < -0.4 is 16.4 Å². The molecular formula is C12H24BN3O2. The Balaban J connectivity index is 3.72. The normalized spacial score (nSPS) is 12.2. The number of hydrogen-bond acceptors (Lipinski definition) is 3. The second kappa shape index (κ2) is 9.94. The Morgan fingerprint density at radius 3 is 2.17 bits per heavy atom. The van der Waals surface area contributed by atoms with Gasteiger partial charge in [0, 0.05) is 19.5 Å². The van der Waals surface area contributed by atoms with Crippen molar-refractivity contribution in [1.82, 2.24) is 10.6 Å². The molecule has 0 bridgehead atoms. The maximum absolute atomic E-state index is 11.6. The smallest absolute Gasteiger partial charge is 0.220 e. The van der Waals surface area contributed by atoms with E-state index in [1.165, 1.54) is 0 Å². The Morgan fingerprint density at radius 2 is 1.72 bits per heavy atom. The molecule has 0 fully saturated rings. The van der Waals surface area contributed by atoms with E-state index in [1.54, 1.807) is 0 Å². The highest BCUT2D eigenvalue weighted by Crippen LogP contribution is 2.13. The second-order valence-electron chi connectivity index (χ2n) is 4.84. The Morgan fingerprint density at radius 1 is 1.17 bits per heavy atom. The Labute approximate surface area is 111 Å². The lowest BCUT2D eigenvalue weighted by Crippen LogP contribution is -2.35. The Hall–Kier alpha value is -1.04. The van der Waals surface area contributed by atoms with Gasteiger partial charge in [-0.05, 0) is 31.1 Å². The number of carbonyl (C=O) groups excluding carboxylic acids is 2. The molecule has 0 aliphatic rings. The lowest BCUT2D eigenvalue weighted by atomic mass is 9.94. The molecule has 0 saturated carbocycles. The van der Waals surface area contributed by atoms with E-state index in [4.69, 9.17) is 13.6 Å². The lowest BCUT2D eigenvalue weighted by molar-refractivity contribution is -0.122. The minimum absolute atomic E-state index is 0.0203. The third kappa shape index (κ3) is 9.04. The van der Waals surface area contributed by atoms with E-state index >= 15 is 0 Å². The molecule has 0 aromatic heterocycles. The minimum atomic E-state index is -0.219. The van der Waals surface area contributed by atoms with Crippen LogP contribution in [0.25, 0.3) is 0 Å². The van der Waals surface area contributed by atoms with Crippen molar-refractivity contribution in [2.75, 3.05) is 19.6 Å². The molecule has 6 heteroatoms. The molecule has 102 valence electrons. The first kappa shape index (κ1) is 17.0. The van der Waals surface area contributed by atoms with Crippen molar-refractivity contribution < 1.29 is 9.59 Å². The lowest BCUT2D eigenvalue weighted by Gasteiger charge is -2.16. The van der Waals surface area contributed by atoms with Gasteiger partial charge >= 0.3 is 0 Å². The summed E-state index contributed by atoms with van der Waals surface area (Å²) in [5.74, 6) is 0.524. The summed E-state index contributed by atoms with van der Waals surface area (Å²) in [4.78, 5) is 22.4. The highest BCUT2D eigenvalue weighted by molar-refractivity contribution is 6.19. The molecule has 2 amide bonds. The van der Waals surface area contributed by atoms with Crippen LogP contribution in [0.4, 0.5) is 0 Å². The molecule has 4 N–H and O–H groups in total. The van der Waals surface area contributed by atoms with Crippen LogP contribution in [0, 0.1) is 11.8 Å². The van der Waals surface area contributed by atoms with Gasteiger partial charge in [0.05, 0.1) is 7.85 Å². The number of hydrogen-bond donors (Lipinski definition) is 3. The number of rotatable bonds is 9. The summed E-state index contributed by atoms with van der Waals surface area (Å²) in [6.07, 6.45) is 1.37. The van der Waals surface area contributed by atoms with Crippen LogP contribution in [-0.2, 0) is 9.59 Å². The van der Waals surface area contributed by atoms with Crippen LogP contribution in [0.1, 0.15) is 26.7 Å². The van der Waals surface area contributed by atoms with E-state index in [0.29, 0.717) is 32.0 Å². The van der Waals surface area contributed by atoms with E-state index in [-0.39, 0.29) is 24.1 Å². The van der Waals surface area contributed by atoms with Crippen LogP contribution in [0.15, 0.2) is 0 Å². The molecule has 2 radical (unpaired) electrons. The number of carbonyl (C=O) groups is 2. The van der Waals surface area contributed by atoms with Crippen LogP contribution in [0.2, 0.25) is 6.32 Å². The molecule has 0 aromatic carbocycles. The topological polar surface area (TPSA) is 84.2 Å². The van der Waals surface area contributed by atoms with Gasteiger partial charge < -0.3 is 16.4 Å². The van der Waals surface area contributed by atoms with Crippen molar-refractivity contribution in [3.63, 3.8) is 0 Å². The minimum Gasteiger partial charge on any atom is -0.355 e. The first-order chi connectivity index (χ1) is 8.49. The average Bonchev–Trinajstić information content (AvgIpc) is 2.32. The quantitative estimate of drug-likeness (QED) is 0.393. The van der Waals surface area contributed by atoms with Gasteiger partial charge in [-0.3, -0.25) is 9.59 Å². The van der Waals surface area contributed by atoms with E-state index in [9.17, 15) is 9.59 Å². The zero-order valence-electron chi connectivity index (χ0n) is 11.4. The Kier molecular flexibility index (Phi) is 9.37. The number of amides is 2. The molecule has 0 rings (SSSR count). The van der Waals surface area contributed by atoms with Gasteiger partial charge in [0.2, 0.25) is 11.8 Å². The molecule has 5 nitrogen and oxygen atoms in total. The van der Waals surface area contributed by atoms with Crippen molar-refractivity contribution in [1.29, 1.82) is 0 Å². The van der Waals surface area contributed by atoms with Crippen molar-refractivity contribution in [2.45, 2.75) is 33.0 Å². The number of nitrogens with two attached hydrogens (primary N) is 1. The van der Waals surface area contributed by atoms with Crippen molar-refractivity contribution in [3.8, 4) is 0 Å². The van der Waals surface area contributed by atoms with Crippen LogP contribution >= 0.6 is 0 Å². The van der Waals surface area contributed by atoms with Crippen molar-refractivity contribution in [2.24, 2.45) is 17.6 Å². The summed E-state index contributed by atoms with van der Waals surface area (Å²) >= 11 is 0. The molecule has 18 heavy (non-hydrogen) atoms. The zero-order valence-corrected chi connectivity index (χ0v) is 11.4. The van der Waals surface area contributed by atoms with Crippen molar-refractivity contribution >= 4 is 19.7 Å². The molecule has 0 heterocycles. The van der Waals surface area contributed by atoms with Gasteiger partial charge in [0.1, 0.15) is 0 Å². The third-order valence-corrected chi connectivity index (χ3v) is 2.57. The van der Waals surface area contributed by atoms with Gasteiger partial charge in [-0.1, -0.05) is 13.8 Å².